The van der Waals surface area contributed by atoms with Gasteiger partial charge in [-0.2, -0.15) is 0 Å². The maximum atomic E-state index is 11.5. The SMILES string of the molecule is CCCCCCc1ccc(O)cc1O.O=C1C=CC2=C3c4cc(O)c(O)cc4CC3(O)COC2=C1O. The van der Waals surface area contributed by atoms with Gasteiger partial charge < -0.3 is 35.4 Å². The second-order valence-corrected chi connectivity index (χ2v) is 9.28. The van der Waals surface area contributed by atoms with Crippen LogP contribution in [0.5, 0.6) is 23.0 Å². The van der Waals surface area contributed by atoms with Gasteiger partial charge in [0.1, 0.15) is 23.7 Å². The van der Waals surface area contributed by atoms with Gasteiger partial charge in [-0.05, 0) is 59.9 Å². The van der Waals surface area contributed by atoms with Crippen molar-refractivity contribution in [2.24, 2.45) is 0 Å². The van der Waals surface area contributed by atoms with E-state index >= 15 is 0 Å². The van der Waals surface area contributed by atoms with Crippen LogP contribution < -0.4 is 0 Å². The molecule has 36 heavy (non-hydrogen) atoms. The lowest BCUT2D eigenvalue weighted by Gasteiger charge is -2.33. The predicted octanol–water partition coefficient (Wildman–Crippen LogP) is 4.30. The molecule has 6 N–H and O–H groups in total. The number of aliphatic hydroxyl groups excluding tert-OH is 1. The van der Waals surface area contributed by atoms with E-state index in [1.807, 2.05) is 0 Å². The van der Waals surface area contributed by atoms with E-state index in [0.717, 1.165) is 18.4 Å². The number of unbranched alkanes of at least 4 members (excludes halogenated alkanes) is 3. The molecular weight excluding hydrogens is 464 g/mol. The van der Waals surface area contributed by atoms with Crippen LogP contribution in [-0.2, 0) is 22.4 Å². The minimum atomic E-state index is -1.33. The third-order valence-corrected chi connectivity index (χ3v) is 6.61. The number of phenols is 4. The van der Waals surface area contributed by atoms with Crippen LogP contribution in [-0.4, -0.2) is 48.6 Å². The molecule has 0 radical (unpaired) electrons. The van der Waals surface area contributed by atoms with E-state index in [1.165, 1.54) is 49.6 Å². The molecule has 3 aliphatic rings. The van der Waals surface area contributed by atoms with Crippen LogP contribution in [0.2, 0.25) is 0 Å². The van der Waals surface area contributed by atoms with Crippen molar-refractivity contribution in [2.45, 2.75) is 51.0 Å². The maximum Gasteiger partial charge on any atom is 0.224 e. The van der Waals surface area contributed by atoms with Crippen molar-refractivity contribution < 1.29 is 40.2 Å². The number of carbonyl (C=O) groups is 1. The van der Waals surface area contributed by atoms with E-state index in [9.17, 15) is 30.3 Å². The summed E-state index contributed by atoms with van der Waals surface area (Å²) in [5.74, 6) is -1.25. The summed E-state index contributed by atoms with van der Waals surface area (Å²) in [6.45, 7) is 2.06. The summed E-state index contributed by atoms with van der Waals surface area (Å²) in [5, 5.41) is 58.6. The van der Waals surface area contributed by atoms with Gasteiger partial charge in [0.25, 0.3) is 0 Å². The van der Waals surface area contributed by atoms with E-state index in [-0.39, 0.29) is 41.8 Å². The Kier molecular flexibility index (Phi) is 6.99. The van der Waals surface area contributed by atoms with Crippen molar-refractivity contribution in [3.05, 3.63) is 76.3 Å². The topological polar surface area (TPSA) is 148 Å². The van der Waals surface area contributed by atoms with Crippen molar-refractivity contribution in [3.8, 4) is 23.0 Å². The van der Waals surface area contributed by atoms with Gasteiger partial charge in [0.2, 0.25) is 11.5 Å². The first-order valence-electron chi connectivity index (χ1n) is 12.0. The van der Waals surface area contributed by atoms with Crippen molar-refractivity contribution in [2.75, 3.05) is 6.61 Å². The zero-order valence-electron chi connectivity index (χ0n) is 20.0. The van der Waals surface area contributed by atoms with Gasteiger partial charge in [0.05, 0.1) is 0 Å². The van der Waals surface area contributed by atoms with E-state index in [1.54, 1.807) is 12.1 Å². The smallest absolute Gasteiger partial charge is 0.224 e. The van der Waals surface area contributed by atoms with E-state index in [2.05, 4.69) is 6.92 Å². The summed E-state index contributed by atoms with van der Waals surface area (Å²) in [5.41, 5.74) is 1.73. The molecule has 2 aromatic rings. The summed E-state index contributed by atoms with van der Waals surface area (Å²) in [6, 6.07) is 7.57. The first-order chi connectivity index (χ1) is 17.1. The van der Waals surface area contributed by atoms with Gasteiger partial charge in [-0.15, -0.1) is 0 Å². The van der Waals surface area contributed by atoms with Gasteiger partial charge in [-0.1, -0.05) is 32.3 Å². The number of hydrogen-bond donors (Lipinski definition) is 6. The summed E-state index contributed by atoms with van der Waals surface area (Å²) < 4.78 is 5.40. The Bertz CT molecular complexity index is 1290. The van der Waals surface area contributed by atoms with E-state index in [4.69, 9.17) is 9.84 Å². The lowest BCUT2D eigenvalue weighted by Crippen LogP contribution is -2.39. The second-order valence-electron chi connectivity index (χ2n) is 9.28. The number of hydrogen-bond acceptors (Lipinski definition) is 8. The molecule has 2 aliphatic carbocycles. The van der Waals surface area contributed by atoms with Crippen molar-refractivity contribution in [1.82, 2.24) is 0 Å². The molecule has 0 amide bonds. The number of allylic oxidation sites excluding steroid dienone is 2. The van der Waals surface area contributed by atoms with Crippen LogP contribution in [0, 0.1) is 0 Å². The molecule has 2 aromatic carbocycles. The molecule has 1 unspecified atom stereocenters. The largest absolute Gasteiger partial charge is 0.508 e. The highest BCUT2D eigenvalue weighted by atomic mass is 16.5. The lowest BCUT2D eigenvalue weighted by molar-refractivity contribution is -0.114. The van der Waals surface area contributed by atoms with Crippen LogP contribution in [0.25, 0.3) is 5.57 Å². The fourth-order valence-electron chi connectivity index (χ4n) is 4.77. The van der Waals surface area contributed by atoms with Crippen LogP contribution >= 0.6 is 0 Å². The number of aliphatic hydroxyl groups is 2. The van der Waals surface area contributed by atoms with E-state index in [0.29, 0.717) is 22.3 Å². The number of ketones is 1. The average molecular weight is 495 g/mol. The summed E-state index contributed by atoms with van der Waals surface area (Å²) >= 11 is 0. The van der Waals surface area contributed by atoms with Crippen LogP contribution in [0.4, 0.5) is 0 Å². The third-order valence-electron chi connectivity index (χ3n) is 6.61. The van der Waals surface area contributed by atoms with E-state index < -0.39 is 17.1 Å². The van der Waals surface area contributed by atoms with Gasteiger partial charge in [-0.25, -0.2) is 0 Å². The Hall–Kier alpha value is -3.91. The average Bonchev–Trinajstić information content (AvgIpc) is 3.12. The number of benzene rings is 2. The number of aromatic hydroxyl groups is 4. The van der Waals surface area contributed by atoms with Crippen LogP contribution in [0.15, 0.2) is 59.6 Å². The third kappa shape index (κ3) is 4.77. The van der Waals surface area contributed by atoms with Crippen molar-refractivity contribution in [1.29, 1.82) is 0 Å². The number of phenolic OH excluding ortho intramolecular Hbond substituents is 4. The Morgan fingerprint density at radius 1 is 0.917 bits per heavy atom. The molecule has 1 aliphatic heterocycles. The van der Waals surface area contributed by atoms with Gasteiger partial charge >= 0.3 is 0 Å². The fraction of sp³-hybridized carbons (Fsp3) is 0.321. The number of carbonyl (C=O) groups excluding carboxylic acids is 1. The molecule has 190 valence electrons. The van der Waals surface area contributed by atoms with Crippen molar-refractivity contribution >= 4 is 11.4 Å². The Morgan fingerprint density at radius 2 is 1.67 bits per heavy atom. The molecule has 0 fully saturated rings. The zero-order valence-corrected chi connectivity index (χ0v) is 20.0. The van der Waals surface area contributed by atoms with Gasteiger partial charge in [0, 0.05) is 23.6 Å². The summed E-state index contributed by atoms with van der Waals surface area (Å²) in [4.78, 5) is 11.5. The van der Waals surface area contributed by atoms with Gasteiger partial charge in [0.15, 0.2) is 17.3 Å². The van der Waals surface area contributed by atoms with Crippen LogP contribution in [0.1, 0.15) is 49.3 Å². The first-order valence-corrected chi connectivity index (χ1v) is 12.0. The number of ether oxygens (including phenoxy) is 1. The molecular formula is C28H30O8. The highest BCUT2D eigenvalue weighted by Gasteiger charge is 2.47. The minimum absolute atomic E-state index is 0.0348. The standard InChI is InChI=1S/C16H12O6.C12H18O2/c17-10-2-1-8-13-9-4-12(19)11(18)3-7(9)5-16(13,21)6-22-15(8)14(10)20;1-2-3-4-5-6-10-7-8-11(13)9-12(10)14/h1-4,18-21H,5-6H2;7-9,13-14H,2-6H2,1H3. The molecule has 0 bridgehead atoms. The Balaban J connectivity index is 0.000000189. The number of fused-ring (bicyclic) bond motifs is 4. The number of rotatable bonds is 5. The van der Waals surface area contributed by atoms with Gasteiger partial charge in [-0.3, -0.25) is 4.79 Å². The quantitative estimate of drug-likeness (QED) is 0.266. The lowest BCUT2D eigenvalue weighted by atomic mass is 9.85. The van der Waals surface area contributed by atoms with Crippen LogP contribution in [0.3, 0.4) is 0 Å². The second kappa shape index (κ2) is 9.99. The molecule has 8 nitrogen and oxygen atoms in total. The molecule has 5 rings (SSSR count). The minimum Gasteiger partial charge on any atom is -0.508 e. The molecule has 0 spiro atoms. The van der Waals surface area contributed by atoms with Crippen molar-refractivity contribution in [3.63, 3.8) is 0 Å². The molecule has 0 saturated heterocycles. The molecule has 1 atom stereocenters. The maximum absolute atomic E-state index is 11.5. The molecule has 0 saturated carbocycles. The Labute approximate surface area is 208 Å². The highest BCUT2D eigenvalue weighted by molar-refractivity contribution is 6.06. The predicted molar refractivity (Wildman–Crippen MR) is 133 cm³/mol. The molecule has 8 heteroatoms. The highest BCUT2D eigenvalue weighted by Crippen LogP contribution is 2.50. The first kappa shape index (κ1) is 25.2. The fourth-order valence-corrected chi connectivity index (χ4v) is 4.77. The summed E-state index contributed by atoms with van der Waals surface area (Å²) in [6.07, 6.45) is 8.57. The molecule has 1 heterocycles. The zero-order chi connectivity index (χ0) is 26.0. The Morgan fingerprint density at radius 3 is 2.39 bits per heavy atom. The number of aryl methyl sites for hydroxylation is 1. The monoisotopic (exact) mass is 494 g/mol. The molecule has 0 aromatic heterocycles. The normalized spacial score (nSPS) is 19.8. The summed E-state index contributed by atoms with van der Waals surface area (Å²) in [7, 11) is 0.